The van der Waals surface area contributed by atoms with Crippen LogP contribution in [0.3, 0.4) is 0 Å². The summed E-state index contributed by atoms with van der Waals surface area (Å²) in [5.74, 6) is 1.32. The summed E-state index contributed by atoms with van der Waals surface area (Å²) in [6.07, 6.45) is 6.72. The minimum Gasteiger partial charge on any atom is -0.454 e. The highest BCUT2D eigenvalue weighted by atomic mass is 16.7. The van der Waals surface area contributed by atoms with E-state index >= 15 is 0 Å². The first-order valence-electron chi connectivity index (χ1n) is 6.45. The van der Waals surface area contributed by atoms with Crippen LogP contribution in [0.5, 0.6) is 0 Å². The van der Waals surface area contributed by atoms with Crippen molar-refractivity contribution in [3.8, 4) is 0 Å². The van der Waals surface area contributed by atoms with Crippen LogP contribution in [0, 0.1) is 0 Å². The van der Waals surface area contributed by atoms with Crippen molar-refractivity contribution < 1.29 is 9.47 Å². The topological polar surface area (TPSA) is 52.6 Å². The third-order valence-corrected chi connectivity index (χ3v) is 4.15. The molecule has 3 aliphatic rings. The molecule has 2 atom stereocenters. The quantitative estimate of drug-likeness (QED) is 0.716. The summed E-state index contributed by atoms with van der Waals surface area (Å²) < 4.78 is 10.7. The number of fused-ring (bicyclic) bond motifs is 4. The molecule has 0 aromatic heterocycles. The van der Waals surface area contributed by atoms with Gasteiger partial charge < -0.3 is 9.47 Å². The Labute approximate surface area is 109 Å². The lowest BCUT2D eigenvalue weighted by Crippen LogP contribution is -2.44. The SMILES string of the molecule is CCC1C=C2C=C3OCOC3=CC2c2c1c(=O)c2=O. The second-order valence-corrected chi connectivity index (χ2v) is 5.09. The van der Waals surface area contributed by atoms with Gasteiger partial charge in [0, 0.05) is 23.0 Å². The maximum absolute atomic E-state index is 11.8. The van der Waals surface area contributed by atoms with Crippen molar-refractivity contribution in [1.29, 1.82) is 0 Å². The first-order valence-corrected chi connectivity index (χ1v) is 6.45. The molecule has 1 aromatic rings. The van der Waals surface area contributed by atoms with Crippen LogP contribution in [0.1, 0.15) is 36.3 Å². The van der Waals surface area contributed by atoms with Gasteiger partial charge in [0.05, 0.1) is 0 Å². The lowest BCUT2D eigenvalue weighted by Gasteiger charge is -2.30. The lowest BCUT2D eigenvalue weighted by atomic mass is 9.71. The molecule has 2 unspecified atom stereocenters. The van der Waals surface area contributed by atoms with E-state index in [4.69, 9.17) is 9.47 Å². The van der Waals surface area contributed by atoms with E-state index < -0.39 is 0 Å². The first-order chi connectivity index (χ1) is 9.20. The molecule has 1 aromatic carbocycles. The predicted molar refractivity (Wildman–Crippen MR) is 68.4 cm³/mol. The molecule has 4 rings (SSSR count). The van der Waals surface area contributed by atoms with E-state index in [-0.39, 0.29) is 29.5 Å². The van der Waals surface area contributed by atoms with Gasteiger partial charge in [-0.05, 0) is 24.1 Å². The second kappa shape index (κ2) is 3.47. The molecule has 1 saturated heterocycles. The van der Waals surface area contributed by atoms with Crippen LogP contribution in [-0.4, -0.2) is 6.79 Å². The highest BCUT2D eigenvalue weighted by molar-refractivity contribution is 5.57. The van der Waals surface area contributed by atoms with E-state index in [0.29, 0.717) is 16.9 Å². The molecule has 2 aliphatic carbocycles. The van der Waals surface area contributed by atoms with Gasteiger partial charge in [-0.1, -0.05) is 13.0 Å². The molecule has 1 aliphatic heterocycles. The Morgan fingerprint density at radius 1 is 1.11 bits per heavy atom. The van der Waals surface area contributed by atoms with Gasteiger partial charge in [0.25, 0.3) is 0 Å². The average Bonchev–Trinajstić information content (AvgIpc) is 2.88. The summed E-state index contributed by atoms with van der Waals surface area (Å²) in [5.41, 5.74) is 1.75. The Bertz CT molecular complexity index is 741. The van der Waals surface area contributed by atoms with Crippen LogP contribution >= 0.6 is 0 Å². The number of hydrogen-bond donors (Lipinski definition) is 0. The van der Waals surface area contributed by atoms with Crippen molar-refractivity contribution >= 4 is 0 Å². The van der Waals surface area contributed by atoms with E-state index in [0.717, 1.165) is 17.8 Å². The summed E-state index contributed by atoms with van der Waals surface area (Å²) in [4.78, 5) is 23.6. The van der Waals surface area contributed by atoms with Gasteiger partial charge in [0.1, 0.15) is 0 Å². The summed E-state index contributed by atoms with van der Waals surface area (Å²) >= 11 is 0. The highest BCUT2D eigenvalue weighted by Gasteiger charge is 2.38. The van der Waals surface area contributed by atoms with Gasteiger partial charge in [-0.2, -0.15) is 0 Å². The van der Waals surface area contributed by atoms with Gasteiger partial charge in [0.2, 0.25) is 17.7 Å². The maximum atomic E-state index is 11.8. The minimum absolute atomic E-state index is 0.0561. The minimum atomic E-state index is -0.336. The summed E-state index contributed by atoms with van der Waals surface area (Å²) in [6.45, 7) is 2.24. The van der Waals surface area contributed by atoms with Crippen LogP contribution in [0.15, 0.2) is 44.9 Å². The normalized spacial score (nSPS) is 27.3. The third-order valence-electron chi connectivity index (χ3n) is 4.15. The number of ether oxygens (including phenoxy) is 2. The van der Waals surface area contributed by atoms with Crippen molar-refractivity contribution in [2.75, 3.05) is 6.79 Å². The molecule has 96 valence electrons. The van der Waals surface area contributed by atoms with E-state index in [1.165, 1.54) is 0 Å². The number of rotatable bonds is 1. The average molecular weight is 256 g/mol. The number of hydrogen-bond acceptors (Lipinski definition) is 4. The fourth-order valence-electron chi connectivity index (χ4n) is 3.17. The standard InChI is InChI=1S/C15H12O4/c1-2-7-3-8-4-10-11(19-6-18-10)5-9(8)13-12(7)14(16)15(13)17/h3-5,7,9H,2,6H2,1H3. The van der Waals surface area contributed by atoms with Crippen molar-refractivity contribution in [2.45, 2.75) is 25.2 Å². The van der Waals surface area contributed by atoms with Gasteiger partial charge in [0.15, 0.2) is 11.5 Å². The fraction of sp³-hybridized carbons (Fsp3) is 0.333. The molecular weight excluding hydrogens is 244 g/mol. The molecular formula is C15H12O4. The summed E-state index contributed by atoms with van der Waals surface area (Å²) in [6, 6.07) is 0. The predicted octanol–water partition coefficient (Wildman–Crippen LogP) is 1.59. The number of allylic oxidation sites excluding steroid dienone is 4. The van der Waals surface area contributed by atoms with E-state index in [9.17, 15) is 9.59 Å². The molecule has 4 nitrogen and oxygen atoms in total. The van der Waals surface area contributed by atoms with E-state index in [1.54, 1.807) is 0 Å². The molecule has 0 N–H and O–H groups in total. The van der Waals surface area contributed by atoms with Crippen LogP contribution in [-0.2, 0) is 9.47 Å². The van der Waals surface area contributed by atoms with Gasteiger partial charge in [-0.3, -0.25) is 9.59 Å². The zero-order valence-corrected chi connectivity index (χ0v) is 10.4. The van der Waals surface area contributed by atoms with Crippen LogP contribution in [0.4, 0.5) is 0 Å². The lowest BCUT2D eigenvalue weighted by molar-refractivity contribution is 0.0978. The molecule has 0 saturated carbocycles. The Kier molecular flexibility index (Phi) is 1.97. The maximum Gasteiger partial charge on any atom is 0.231 e. The third kappa shape index (κ3) is 1.23. The molecule has 0 spiro atoms. The largest absolute Gasteiger partial charge is 0.454 e. The van der Waals surface area contributed by atoms with Crippen LogP contribution in [0.25, 0.3) is 0 Å². The Hall–Kier alpha value is -2.10. The van der Waals surface area contributed by atoms with Gasteiger partial charge in [-0.15, -0.1) is 0 Å². The molecule has 4 heteroatoms. The van der Waals surface area contributed by atoms with Gasteiger partial charge in [-0.25, -0.2) is 0 Å². The van der Waals surface area contributed by atoms with Gasteiger partial charge >= 0.3 is 0 Å². The van der Waals surface area contributed by atoms with Crippen molar-refractivity contribution in [3.05, 3.63) is 66.9 Å². The molecule has 1 fully saturated rings. The Balaban J connectivity index is 1.91. The Morgan fingerprint density at radius 2 is 1.84 bits per heavy atom. The molecule has 0 amide bonds. The second-order valence-electron chi connectivity index (χ2n) is 5.09. The molecule has 0 radical (unpaired) electrons. The zero-order chi connectivity index (χ0) is 13.1. The monoisotopic (exact) mass is 256 g/mol. The smallest absolute Gasteiger partial charge is 0.231 e. The Morgan fingerprint density at radius 3 is 2.63 bits per heavy atom. The van der Waals surface area contributed by atoms with Crippen molar-refractivity contribution in [2.24, 2.45) is 0 Å². The van der Waals surface area contributed by atoms with Crippen molar-refractivity contribution in [3.63, 3.8) is 0 Å². The summed E-state index contributed by atoms with van der Waals surface area (Å²) in [7, 11) is 0. The summed E-state index contributed by atoms with van der Waals surface area (Å²) in [5, 5.41) is 0. The first kappa shape index (κ1) is 10.8. The van der Waals surface area contributed by atoms with Crippen LogP contribution in [0.2, 0.25) is 0 Å². The highest BCUT2D eigenvalue weighted by Crippen LogP contribution is 2.44. The molecule has 19 heavy (non-hydrogen) atoms. The molecule has 1 heterocycles. The fourth-order valence-corrected chi connectivity index (χ4v) is 3.17. The zero-order valence-electron chi connectivity index (χ0n) is 10.4. The van der Waals surface area contributed by atoms with Crippen LogP contribution < -0.4 is 10.9 Å². The van der Waals surface area contributed by atoms with Crippen molar-refractivity contribution in [1.82, 2.24) is 0 Å². The van der Waals surface area contributed by atoms with E-state index in [2.05, 4.69) is 6.08 Å². The molecule has 0 bridgehead atoms. The van der Waals surface area contributed by atoms with E-state index in [1.807, 2.05) is 19.1 Å².